The van der Waals surface area contributed by atoms with Gasteiger partial charge >= 0.3 is 0 Å². The average molecular weight is 420 g/mol. The standard InChI is InChI=1S/C22H16N2O5S/c1-10-6-7-15-19(11(10)2)21(25)12-8-17-13(9-16(12)24-15)22(26)20-14(23-17)4-3-5-18(20)30(27,28)29/h3-9H,1-2H3,(H,23,26)(H,24,25)(H,27,28,29). The number of hydrogen-bond acceptors (Lipinski definition) is 4. The molecule has 0 aliphatic heterocycles. The van der Waals surface area contributed by atoms with Crippen LogP contribution >= 0.6 is 0 Å². The van der Waals surface area contributed by atoms with E-state index in [4.69, 9.17) is 0 Å². The van der Waals surface area contributed by atoms with E-state index in [0.717, 1.165) is 11.1 Å². The molecule has 30 heavy (non-hydrogen) atoms. The van der Waals surface area contributed by atoms with Gasteiger partial charge in [0.25, 0.3) is 10.1 Å². The highest BCUT2D eigenvalue weighted by Crippen LogP contribution is 2.25. The van der Waals surface area contributed by atoms with E-state index >= 15 is 0 Å². The normalized spacial score (nSPS) is 12.4. The molecule has 0 radical (unpaired) electrons. The Bertz CT molecular complexity index is 1780. The predicted molar refractivity (Wildman–Crippen MR) is 117 cm³/mol. The first kappa shape index (κ1) is 18.5. The highest BCUT2D eigenvalue weighted by atomic mass is 32.2. The summed E-state index contributed by atoms with van der Waals surface area (Å²) in [5.41, 5.74) is 2.99. The molecule has 0 spiro atoms. The molecule has 2 aromatic heterocycles. The van der Waals surface area contributed by atoms with E-state index < -0.39 is 20.4 Å². The van der Waals surface area contributed by atoms with Gasteiger partial charge in [-0.3, -0.25) is 14.1 Å². The molecule has 3 N–H and O–H groups in total. The van der Waals surface area contributed by atoms with Gasteiger partial charge in [-0.2, -0.15) is 8.42 Å². The lowest BCUT2D eigenvalue weighted by molar-refractivity contribution is 0.484. The minimum Gasteiger partial charge on any atom is -0.354 e. The van der Waals surface area contributed by atoms with Gasteiger partial charge in [0, 0.05) is 16.2 Å². The summed E-state index contributed by atoms with van der Waals surface area (Å²) in [5, 5.41) is 1.11. The Morgan fingerprint density at radius 3 is 1.93 bits per heavy atom. The molecule has 2 heterocycles. The van der Waals surface area contributed by atoms with E-state index in [-0.39, 0.29) is 21.7 Å². The molecule has 7 nitrogen and oxygen atoms in total. The van der Waals surface area contributed by atoms with Crippen molar-refractivity contribution in [1.29, 1.82) is 0 Å². The molecular formula is C22H16N2O5S. The van der Waals surface area contributed by atoms with Gasteiger partial charge in [-0.05, 0) is 55.3 Å². The highest BCUT2D eigenvalue weighted by molar-refractivity contribution is 7.86. The van der Waals surface area contributed by atoms with E-state index in [1.54, 1.807) is 18.2 Å². The third-order valence-corrected chi connectivity index (χ3v) is 6.58. The maximum absolute atomic E-state index is 13.2. The zero-order valence-corrected chi connectivity index (χ0v) is 16.8. The average Bonchev–Trinajstić information content (AvgIpc) is 2.69. The van der Waals surface area contributed by atoms with Gasteiger partial charge in [-0.25, -0.2) is 0 Å². The second-order valence-electron chi connectivity index (χ2n) is 7.44. The first-order valence-electron chi connectivity index (χ1n) is 9.19. The Morgan fingerprint density at radius 2 is 1.33 bits per heavy atom. The molecule has 5 rings (SSSR count). The predicted octanol–water partition coefficient (Wildman–Crippen LogP) is 3.54. The summed E-state index contributed by atoms with van der Waals surface area (Å²) in [6, 6.07) is 11.0. The van der Waals surface area contributed by atoms with Crippen LogP contribution in [0.3, 0.4) is 0 Å². The summed E-state index contributed by atoms with van der Waals surface area (Å²) in [7, 11) is -4.59. The first-order valence-corrected chi connectivity index (χ1v) is 10.6. The van der Waals surface area contributed by atoms with E-state index in [2.05, 4.69) is 9.97 Å². The van der Waals surface area contributed by atoms with Gasteiger partial charge in [0.05, 0.1) is 27.5 Å². The summed E-state index contributed by atoms with van der Waals surface area (Å²) in [4.78, 5) is 32.2. The number of benzene rings is 3. The second kappa shape index (κ2) is 6.01. The van der Waals surface area contributed by atoms with Crippen molar-refractivity contribution in [2.75, 3.05) is 0 Å². The molecule has 150 valence electrons. The van der Waals surface area contributed by atoms with Gasteiger partial charge in [-0.15, -0.1) is 0 Å². The minimum atomic E-state index is -4.59. The minimum absolute atomic E-state index is 0.124. The number of aromatic amines is 2. The maximum atomic E-state index is 13.2. The fourth-order valence-electron chi connectivity index (χ4n) is 4.04. The number of aryl methyl sites for hydroxylation is 2. The maximum Gasteiger partial charge on any atom is 0.295 e. The molecule has 0 atom stereocenters. The van der Waals surface area contributed by atoms with E-state index in [0.29, 0.717) is 27.3 Å². The van der Waals surface area contributed by atoms with Gasteiger partial charge in [-0.1, -0.05) is 12.1 Å². The number of hydrogen-bond donors (Lipinski definition) is 3. The largest absolute Gasteiger partial charge is 0.354 e. The van der Waals surface area contributed by atoms with Crippen LogP contribution in [-0.4, -0.2) is 22.9 Å². The smallest absolute Gasteiger partial charge is 0.295 e. The summed E-state index contributed by atoms with van der Waals surface area (Å²) in [6.07, 6.45) is 0. The molecule has 0 fully saturated rings. The zero-order chi connectivity index (χ0) is 21.4. The van der Waals surface area contributed by atoms with Crippen LogP contribution in [0.4, 0.5) is 0 Å². The van der Waals surface area contributed by atoms with Crippen LogP contribution in [-0.2, 0) is 10.1 Å². The number of nitrogens with one attached hydrogen (secondary N) is 2. The van der Waals surface area contributed by atoms with Crippen LogP contribution in [0.5, 0.6) is 0 Å². The second-order valence-corrected chi connectivity index (χ2v) is 8.83. The van der Waals surface area contributed by atoms with E-state index in [1.807, 2.05) is 26.0 Å². The van der Waals surface area contributed by atoms with Crippen molar-refractivity contribution in [3.8, 4) is 0 Å². The van der Waals surface area contributed by atoms with Crippen molar-refractivity contribution in [2.45, 2.75) is 18.7 Å². The molecule has 0 aliphatic carbocycles. The lowest BCUT2D eigenvalue weighted by Crippen LogP contribution is -2.12. The van der Waals surface area contributed by atoms with Crippen molar-refractivity contribution in [2.24, 2.45) is 0 Å². The molecule has 0 aliphatic rings. The molecule has 0 amide bonds. The monoisotopic (exact) mass is 420 g/mol. The van der Waals surface area contributed by atoms with Crippen LogP contribution in [0.2, 0.25) is 0 Å². The number of rotatable bonds is 1. The topological polar surface area (TPSA) is 120 Å². The van der Waals surface area contributed by atoms with Crippen molar-refractivity contribution < 1.29 is 13.0 Å². The van der Waals surface area contributed by atoms with Crippen LogP contribution < -0.4 is 10.9 Å². The number of H-pyrrole nitrogens is 2. The van der Waals surface area contributed by atoms with Gasteiger partial charge in [0.15, 0.2) is 10.9 Å². The van der Waals surface area contributed by atoms with Crippen LogP contribution in [0, 0.1) is 13.8 Å². The zero-order valence-electron chi connectivity index (χ0n) is 16.0. The molecule has 5 aromatic rings. The van der Waals surface area contributed by atoms with Gasteiger partial charge < -0.3 is 9.97 Å². The number of aromatic nitrogens is 2. The van der Waals surface area contributed by atoms with Gasteiger partial charge in [0.2, 0.25) is 0 Å². The van der Waals surface area contributed by atoms with Crippen molar-refractivity contribution >= 4 is 53.7 Å². The number of pyridine rings is 2. The first-order chi connectivity index (χ1) is 14.2. The van der Waals surface area contributed by atoms with E-state index in [1.165, 1.54) is 12.1 Å². The summed E-state index contributed by atoms with van der Waals surface area (Å²) in [6.45, 7) is 3.83. The summed E-state index contributed by atoms with van der Waals surface area (Å²) in [5.74, 6) is 0. The molecule has 3 aromatic carbocycles. The molecule has 0 saturated heterocycles. The van der Waals surface area contributed by atoms with Crippen LogP contribution in [0.1, 0.15) is 11.1 Å². The Labute approximate surface area is 169 Å². The highest BCUT2D eigenvalue weighted by Gasteiger charge is 2.19. The lowest BCUT2D eigenvalue weighted by atomic mass is 10.0. The lowest BCUT2D eigenvalue weighted by Gasteiger charge is -2.10. The van der Waals surface area contributed by atoms with E-state index in [9.17, 15) is 22.6 Å². The summed E-state index contributed by atoms with van der Waals surface area (Å²) < 4.78 is 33.0. The molecule has 0 bridgehead atoms. The fraction of sp³-hybridized carbons (Fsp3) is 0.0909. The van der Waals surface area contributed by atoms with Crippen LogP contribution in [0.15, 0.2) is 56.9 Å². The SMILES string of the molecule is Cc1ccc2[nH]c3cc4c(=O)c5c(S(=O)(=O)O)cccc5[nH]c4cc3c(=O)c2c1C. The third-order valence-electron chi connectivity index (χ3n) is 5.68. The Hall–Kier alpha value is -3.49. The van der Waals surface area contributed by atoms with Crippen molar-refractivity contribution in [3.63, 3.8) is 0 Å². The van der Waals surface area contributed by atoms with Crippen LogP contribution in [0.25, 0.3) is 43.6 Å². The van der Waals surface area contributed by atoms with Crippen molar-refractivity contribution in [1.82, 2.24) is 9.97 Å². The fourth-order valence-corrected chi connectivity index (χ4v) is 4.75. The number of fused-ring (bicyclic) bond motifs is 4. The molecule has 0 saturated carbocycles. The molecular weight excluding hydrogens is 404 g/mol. The molecule has 0 unspecified atom stereocenters. The quantitative estimate of drug-likeness (QED) is 0.283. The van der Waals surface area contributed by atoms with Gasteiger partial charge in [0.1, 0.15) is 4.90 Å². The third kappa shape index (κ3) is 2.51. The molecule has 8 heteroatoms. The van der Waals surface area contributed by atoms with Crippen molar-refractivity contribution in [3.05, 3.63) is 74.0 Å². The Kier molecular flexibility index (Phi) is 3.71. The Balaban J connectivity index is 2.01. The summed E-state index contributed by atoms with van der Waals surface area (Å²) >= 11 is 0. The Morgan fingerprint density at radius 1 is 0.767 bits per heavy atom.